The molecule has 1 aromatic rings. The molecule has 0 aromatic heterocycles. The predicted molar refractivity (Wildman–Crippen MR) is 71.9 cm³/mol. The monoisotopic (exact) mass is 261 g/mol. The highest BCUT2D eigenvalue weighted by atomic mass is 16.5. The third-order valence-corrected chi connectivity index (χ3v) is 3.62. The molecule has 5 heteroatoms. The molecule has 3 rings (SSSR count). The average Bonchev–Trinajstić information content (AvgIpc) is 2.82. The minimum absolute atomic E-state index is 0.00280. The quantitative estimate of drug-likeness (QED) is 0.844. The first-order valence-corrected chi connectivity index (χ1v) is 6.75. The van der Waals surface area contributed by atoms with Gasteiger partial charge in [-0.1, -0.05) is 30.3 Å². The molecule has 2 fully saturated rings. The van der Waals surface area contributed by atoms with Crippen molar-refractivity contribution in [2.45, 2.75) is 12.1 Å². The smallest absolute Gasteiger partial charge is 0.318 e. The summed E-state index contributed by atoms with van der Waals surface area (Å²) in [6.07, 6.45) is 0.106. The van der Waals surface area contributed by atoms with E-state index in [1.807, 2.05) is 35.2 Å². The second-order valence-corrected chi connectivity index (χ2v) is 5.01. The van der Waals surface area contributed by atoms with Crippen LogP contribution in [0.4, 0.5) is 4.79 Å². The summed E-state index contributed by atoms with van der Waals surface area (Å²) < 4.78 is 5.64. The molecule has 0 aliphatic carbocycles. The van der Waals surface area contributed by atoms with Crippen LogP contribution in [0.2, 0.25) is 0 Å². The van der Waals surface area contributed by atoms with Gasteiger partial charge in [0.25, 0.3) is 0 Å². The maximum Gasteiger partial charge on any atom is 0.318 e. The van der Waals surface area contributed by atoms with Crippen molar-refractivity contribution in [2.24, 2.45) is 0 Å². The van der Waals surface area contributed by atoms with Gasteiger partial charge >= 0.3 is 6.03 Å². The van der Waals surface area contributed by atoms with E-state index in [0.717, 1.165) is 25.3 Å². The fraction of sp³-hybridized carbons (Fsp3) is 0.500. The molecule has 1 aromatic carbocycles. The van der Waals surface area contributed by atoms with Crippen molar-refractivity contribution in [2.75, 3.05) is 32.8 Å². The Bertz CT molecular complexity index is 432. The standard InChI is InChI=1S/C14H19N3O2/c18-14-16-13(11-4-2-1-3-5-11)10-17(14)9-12-8-15-6-7-19-12/h1-5,12-13,15H,6-10H2,(H,16,18). The Hall–Kier alpha value is -1.59. The normalized spacial score (nSPS) is 27.4. The summed E-state index contributed by atoms with van der Waals surface area (Å²) in [5.41, 5.74) is 1.15. The van der Waals surface area contributed by atoms with Crippen LogP contribution in [0.25, 0.3) is 0 Å². The van der Waals surface area contributed by atoms with Gasteiger partial charge in [0.1, 0.15) is 0 Å². The van der Waals surface area contributed by atoms with Crippen LogP contribution in [-0.2, 0) is 4.74 Å². The zero-order chi connectivity index (χ0) is 13.1. The molecule has 2 N–H and O–H groups in total. The molecule has 0 bridgehead atoms. The van der Waals surface area contributed by atoms with E-state index in [1.165, 1.54) is 0 Å². The Labute approximate surface area is 112 Å². The van der Waals surface area contributed by atoms with Gasteiger partial charge in [-0.2, -0.15) is 0 Å². The Morgan fingerprint density at radius 1 is 1.32 bits per heavy atom. The van der Waals surface area contributed by atoms with Gasteiger partial charge in [-0.05, 0) is 5.56 Å². The van der Waals surface area contributed by atoms with Crippen LogP contribution in [0.3, 0.4) is 0 Å². The lowest BCUT2D eigenvalue weighted by molar-refractivity contribution is 0.0145. The van der Waals surface area contributed by atoms with Gasteiger partial charge in [-0.15, -0.1) is 0 Å². The van der Waals surface area contributed by atoms with Crippen molar-refractivity contribution in [3.63, 3.8) is 0 Å². The molecule has 2 heterocycles. The molecule has 2 aliphatic heterocycles. The second-order valence-electron chi connectivity index (χ2n) is 5.01. The molecule has 19 heavy (non-hydrogen) atoms. The molecule has 2 amide bonds. The van der Waals surface area contributed by atoms with E-state index < -0.39 is 0 Å². The Morgan fingerprint density at radius 2 is 2.16 bits per heavy atom. The van der Waals surface area contributed by atoms with Crippen molar-refractivity contribution in [3.05, 3.63) is 35.9 Å². The molecule has 0 radical (unpaired) electrons. The fourth-order valence-electron chi connectivity index (χ4n) is 2.60. The van der Waals surface area contributed by atoms with Gasteiger partial charge < -0.3 is 20.3 Å². The first-order chi connectivity index (χ1) is 9.33. The van der Waals surface area contributed by atoms with Crippen LogP contribution in [0.1, 0.15) is 11.6 Å². The lowest BCUT2D eigenvalue weighted by atomic mass is 10.1. The summed E-state index contributed by atoms with van der Waals surface area (Å²) in [6.45, 7) is 3.81. The summed E-state index contributed by atoms with van der Waals surface area (Å²) in [7, 11) is 0. The first kappa shape index (κ1) is 12.4. The van der Waals surface area contributed by atoms with Gasteiger partial charge in [0.05, 0.1) is 18.8 Å². The van der Waals surface area contributed by atoms with Crippen molar-refractivity contribution < 1.29 is 9.53 Å². The van der Waals surface area contributed by atoms with E-state index >= 15 is 0 Å². The van der Waals surface area contributed by atoms with Crippen LogP contribution in [0, 0.1) is 0 Å². The maximum atomic E-state index is 12.0. The van der Waals surface area contributed by atoms with Crippen LogP contribution in [0.15, 0.2) is 30.3 Å². The largest absolute Gasteiger partial charge is 0.374 e. The fourth-order valence-corrected chi connectivity index (χ4v) is 2.60. The first-order valence-electron chi connectivity index (χ1n) is 6.75. The third-order valence-electron chi connectivity index (χ3n) is 3.62. The Morgan fingerprint density at radius 3 is 2.89 bits per heavy atom. The second kappa shape index (κ2) is 5.59. The topological polar surface area (TPSA) is 53.6 Å². The summed E-state index contributed by atoms with van der Waals surface area (Å²) in [4.78, 5) is 13.8. The van der Waals surface area contributed by atoms with Crippen LogP contribution in [0.5, 0.6) is 0 Å². The third kappa shape index (κ3) is 2.88. The number of benzene rings is 1. The lowest BCUT2D eigenvalue weighted by Crippen LogP contribution is -2.46. The average molecular weight is 261 g/mol. The molecule has 102 valence electrons. The molecule has 2 atom stereocenters. The number of amides is 2. The highest BCUT2D eigenvalue weighted by Gasteiger charge is 2.31. The Kier molecular flexibility index (Phi) is 3.66. The summed E-state index contributed by atoms with van der Waals surface area (Å²) in [5, 5.41) is 6.30. The number of nitrogens with one attached hydrogen (secondary N) is 2. The predicted octanol–water partition coefficient (Wildman–Crippen LogP) is 0.741. The maximum absolute atomic E-state index is 12.0. The number of carbonyl (C=O) groups excluding carboxylic acids is 1. The van der Waals surface area contributed by atoms with Crippen LogP contribution in [-0.4, -0.2) is 49.8 Å². The number of nitrogens with zero attached hydrogens (tertiary/aromatic N) is 1. The minimum atomic E-state index is 0.00280. The molecule has 5 nitrogen and oxygen atoms in total. The van der Waals surface area contributed by atoms with Crippen LogP contribution < -0.4 is 10.6 Å². The molecule has 0 saturated carbocycles. The molecule has 2 saturated heterocycles. The van der Waals surface area contributed by atoms with E-state index in [4.69, 9.17) is 4.74 Å². The van der Waals surface area contributed by atoms with E-state index in [-0.39, 0.29) is 18.2 Å². The van der Waals surface area contributed by atoms with Gasteiger partial charge in [0.15, 0.2) is 0 Å². The minimum Gasteiger partial charge on any atom is -0.374 e. The van der Waals surface area contributed by atoms with Crippen molar-refractivity contribution in [1.29, 1.82) is 0 Å². The number of ether oxygens (including phenoxy) is 1. The molecular weight excluding hydrogens is 242 g/mol. The number of carbonyl (C=O) groups is 1. The number of hydrogen-bond acceptors (Lipinski definition) is 3. The van der Waals surface area contributed by atoms with Crippen molar-refractivity contribution in [1.82, 2.24) is 15.5 Å². The van der Waals surface area contributed by atoms with Crippen molar-refractivity contribution >= 4 is 6.03 Å². The molecule has 2 unspecified atom stereocenters. The van der Waals surface area contributed by atoms with Gasteiger partial charge in [-0.25, -0.2) is 4.79 Å². The SMILES string of the molecule is O=C1NC(c2ccccc2)CN1CC1CNCCO1. The number of hydrogen-bond donors (Lipinski definition) is 2. The van der Waals surface area contributed by atoms with E-state index in [1.54, 1.807) is 0 Å². The molecule has 2 aliphatic rings. The van der Waals surface area contributed by atoms with Gasteiger partial charge in [0.2, 0.25) is 0 Å². The summed E-state index contributed by atoms with van der Waals surface area (Å²) >= 11 is 0. The summed E-state index contributed by atoms with van der Waals surface area (Å²) in [6, 6.07) is 10.2. The van der Waals surface area contributed by atoms with E-state index in [0.29, 0.717) is 13.1 Å². The Balaban J connectivity index is 1.60. The van der Waals surface area contributed by atoms with E-state index in [2.05, 4.69) is 10.6 Å². The molecule has 0 spiro atoms. The highest BCUT2D eigenvalue weighted by molar-refractivity contribution is 5.77. The summed E-state index contributed by atoms with van der Waals surface area (Å²) in [5.74, 6) is 0. The van der Waals surface area contributed by atoms with E-state index in [9.17, 15) is 4.79 Å². The van der Waals surface area contributed by atoms with Gasteiger partial charge in [-0.3, -0.25) is 0 Å². The number of morpholine rings is 1. The highest BCUT2D eigenvalue weighted by Crippen LogP contribution is 2.20. The number of urea groups is 1. The van der Waals surface area contributed by atoms with Gasteiger partial charge in [0, 0.05) is 26.2 Å². The molecular formula is C14H19N3O2. The zero-order valence-electron chi connectivity index (χ0n) is 10.8. The zero-order valence-corrected chi connectivity index (χ0v) is 10.8. The van der Waals surface area contributed by atoms with Crippen LogP contribution >= 0.6 is 0 Å². The lowest BCUT2D eigenvalue weighted by Gasteiger charge is -2.27. The van der Waals surface area contributed by atoms with Crippen molar-refractivity contribution in [3.8, 4) is 0 Å². The number of rotatable bonds is 3.